The number of aromatic nitrogens is 2. The van der Waals surface area contributed by atoms with E-state index in [-0.39, 0.29) is 6.04 Å². The topological polar surface area (TPSA) is 55.2 Å². The van der Waals surface area contributed by atoms with Crippen molar-refractivity contribution in [2.45, 2.75) is 38.0 Å². The van der Waals surface area contributed by atoms with Crippen LogP contribution >= 0.6 is 0 Å². The van der Waals surface area contributed by atoms with Crippen LogP contribution in [0.3, 0.4) is 0 Å². The van der Waals surface area contributed by atoms with Crippen molar-refractivity contribution in [1.29, 1.82) is 0 Å². The molecule has 1 atom stereocenters. The first-order valence-corrected chi connectivity index (χ1v) is 8.85. The van der Waals surface area contributed by atoms with Crippen LogP contribution in [0.5, 0.6) is 0 Å². The summed E-state index contributed by atoms with van der Waals surface area (Å²) in [5.41, 5.74) is 1.96. The monoisotopic (exact) mass is 307 g/mol. The zero-order valence-electron chi connectivity index (χ0n) is 12.7. The van der Waals surface area contributed by atoms with E-state index in [0.717, 1.165) is 29.7 Å². The Balaban J connectivity index is 2.07. The molecule has 1 saturated heterocycles. The van der Waals surface area contributed by atoms with Gasteiger partial charge in [-0.2, -0.15) is 4.31 Å². The van der Waals surface area contributed by atoms with E-state index in [1.165, 1.54) is 0 Å². The van der Waals surface area contributed by atoms with Crippen molar-refractivity contribution in [3.8, 4) is 0 Å². The fraction of sp³-hybridized carbons (Fsp3) is 0.533. The first-order valence-electron chi connectivity index (χ1n) is 7.35. The molecule has 0 radical (unpaired) electrons. The second-order valence-electron chi connectivity index (χ2n) is 5.88. The number of benzene rings is 1. The average molecular weight is 307 g/mol. The van der Waals surface area contributed by atoms with Crippen molar-refractivity contribution in [3.63, 3.8) is 0 Å². The molecule has 0 spiro atoms. The molecule has 3 rings (SSSR count). The first kappa shape index (κ1) is 14.5. The van der Waals surface area contributed by atoms with E-state index in [2.05, 4.69) is 4.98 Å². The number of imidazole rings is 1. The summed E-state index contributed by atoms with van der Waals surface area (Å²) in [7, 11) is -1.29. The second-order valence-corrected chi connectivity index (χ2v) is 8.32. The standard InChI is InChI=1S/C15H21N3O2S/c1-11(2)21(19,20)18-10-6-9-14(18)15-16-12-7-4-5-8-13(12)17(15)3/h4-5,7-8,11,14H,6,9-10H2,1-3H3/t14-/m0/s1. The van der Waals surface area contributed by atoms with Crippen LogP contribution < -0.4 is 0 Å². The number of para-hydroxylation sites is 2. The molecule has 1 aliphatic heterocycles. The van der Waals surface area contributed by atoms with Crippen LogP contribution in [-0.4, -0.2) is 34.1 Å². The van der Waals surface area contributed by atoms with Gasteiger partial charge in [-0.15, -0.1) is 0 Å². The average Bonchev–Trinajstić information content (AvgIpc) is 3.04. The lowest BCUT2D eigenvalue weighted by molar-refractivity contribution is 0.374. The zero-order chi connectivity index (χ0) is 15.2. The van der Waals surface area contributed by atoms with Gasteiger partial charge >= 0.3 is 0 Å². The predicted molar refractivity (Wildman–Crippen MR) is 83.5 cm³/mol. The third-order valence-corrected chi connectivity index (χ3v) is 6.53. The molecule has 114 valence electrons. The molecule has 0 saturated carbocycles. The van der Waals surface area contributed by atoms with Crippen molar-refractivity contribution in [1.82, 2.24) is 13.9 Å². The number of fused-ring (bicyclic) bond motifs is 1. The van der Waals surface area contributed by atoms with Crippen LogP contribution in [0.25, 0.3) is 11.0 Å². The van der Waals surface area contributed by atoms with Gasteiger partial charge in [-0.05, 0) is 38.8 Å². The molecule has 1 aliphatic rings. The number of rotatable bonds is 3. The Morgan fingerprint density at radius 2 is 2.00 bits per heavy atom. The van der Waals surface area contributed by atoms with E-state index in [1.807, 2.05) is 35.9 Å². The van der Waals surface area contributed by atoms with Crippen molar-refractivity contribution in [2.24, 2.45) is 7.05 Å². The van der Waals surface area contributed by atoms with Gasteiger partial charge in [-0.25, -0.2) is 13.4 Å². The van der Waals surface area contributed by atoms with E-state index < -0.39 is 15.3 Å². The van der Waals surface area contributed by atoms with Gasteiger partial charge < -0.3 is 4.57 Å². The van der Waals surface area contributed by atoms with Gasteiger partial charge in [0.05, 0.1) is 22.3 Å². The molecular weight excluding hydrogens is 286 g/mol. The van der Waals surface area contributed by atoms with E-state index in [0.29, 0.717) is 6.54 Å². The molecule has 2 aromatic rings. The highest BCUT2D eigenvalue weighted by atomic mass is 32.2. The quantitative estimate of drug-likeness (QED) is 0.875. The largest absolute Gasteiger partial charge is 0.330 e. The fourth-order valence-corrected chi connectivity index (χ4v) is 4.52. The molecule has 0 amide bonds. The summed E-state index contributed by atoms with van der Waals surface area (Å²) in [6.07, 6.45) is 1.73. The minimum absolute atomic E-state index is 0.144. The van der Waals surface area contributed by atoms with Crippen molar-refractivity contribution < 1.29 is 8.42 Å². The Bertz CT molecular complexity index is 764. The van der Waals surface area contributed by atoms with Crippen LogP contribution in [0.1, 0.15) is 38.6 Å². The van der Waals surface area contributed by atoms with Crippen molar-refractivity contribution in [2.75, 3.05) is 6.54 Å². The van der Waals surface area contributed by atoms with E-state index in [1.54, 1.807) is 18.2 Å². The fourth-order valence-electron chi connectivity index (χ4n) is 3.04. The number of nitrogens with zero attached hydrogens (tertiary/aromatic N) is 3. The molecule has 1 aromatic heterocycles. The molecule has 0 aliphatic carbocycles. The molecule has 0 unspecified atom stereocenters. The van der Waals surface area contributed by atoms with Gasteiger partial charge in [-0.3, -0.25) is 0 Å². The Labute approximate surface area is 125 Å². The second kappa shape index (κ2) is 5.10. The smallest absolute Gasteiger partial charge is 0.217 e. The highest BCUT2D eigenvalue weighted by molar-refractivity contribution is 7.89. The summed E-state index contributed by atoms with van der Waals surface area (Å²) in [6, 6.07) is 7.77. The van der Waals surface area contributed by atoms with E-state index in [9.17, 15) is 8.42 Å². The molecule has 1 aromatic carbocycles. The van der Waals surface area contributed by atoms with Gasteiger partial charge in [0.1, 0.15) is 5.82 Å². The molecule has 1 fully saturated rings. The molecule has 2 heterocycles. The first-order chi connectivity index (χ1) is 9.93. The summed E-state index contributed by atoms with van der Waals surface area (Å²) >= 11 is 0. The predicted octanol–water partition coefficient (Wildman–Crippen LogP) is 2.45. The lowest BCUT2D eigenvalue weighted by Gasteiger charge is -2.25. The number of sulfonamides is 1. The third-order valence-electron chi connectivity index (χ3n) is 4.25. The SMILES string of the molecule is CC(C)S(=O)(=O)N1CCC[C@H]1c1nc2ccccc2n1C. The minimum atomic E-state index is -3.25. The maximum absolute atomic E-state index is 12.5. The highest BCUT2D eigenvalue weighted by Crippen LogP contribution is 2.35. The third kappa shape index (κ3) is 2.26. The van der Waals surface area contributed by atoms with Crippen molar-refractivity contribution in [3.05, 3.63) is 30.1 Å². The van der Waals surface area contributed by atoms with Crippen LogP contribution in [0.15, 0.2) is 24.3 Å². The van der Waals surface area contributed by atoms with Crippen molar-refractivity contribution >= 4 is 21.1 Å². The van der Waals surface area contributed by atoms with Crippen LogP contribution in [-0.2, 0) is 17.1 Å². The van der Waals surface area contributed by atoms with Crippen LogP contribution in [0, 0.1) is 0 Å². The van der Waals surface area contributed by atoms with Gasteiger partial charge in [0.15, 0.2) is 0 Å². The summed E-state index contributed by atoms with van der Waals surface area (Å²) in [5, 5.41) is -0.396. The van der Waals surface area contributed by atoms with E-state index in [4.69, 9.17) is 0 Å². The van der Waals surface area contributed by atoms with Crippen LogP contribution in [0.2, 0.25) is 0 Å². The molecule has 0 N–H and O–H groups in total. The van der Waals surface area contributed by atoms with Gasteiger partial charge in [0.2, 0.25) is 10.0 Å². The van der Waals surface area contributed by atoms with Gasteiger partial charge in [0.25, 0.3) is 0 Å². The number of hydrogen-bond donors (Lipinski definition) is 0. The summed E-state index contributed by atoms with van der Waals surface area (Å²) in [6.45, 7) is 4.06. The van der Waals surface area contributed by atoms with Crippen LogP contribution in [0.4, 0.5) is 0 Å². The molecule has 6 heteroatoms. The summed E-state index contributed by atoms with van der Waals surface area (Å²) in [5.74, 6) is 0.845. The lowest BCUT2D eigenvalue weighted by Crippen LogP contribution is -2.36. The lowest BCUT2D eigenvalue weighted by atomic mass is 10.2. The molecular formula is C15H21N3O2S. The van der Waals surface area contributed by atoms with E-state index >= 15 is 0 Å². The highest BCUT2D eigenvalue weighted by Gasteiger charge is 2.38. The Morgan fingerprint density at radius 1 is 1.29 bits per heavy atom. The summed E-state index contributed by atoms with van der Waals surface area (Å²) < 4.78 is 28.7. The Morgan fingerprint density at radius 3 is 2.67 bits per heavy atom. The number of aryl methyl sites for hydroxylation is 1. The Kier molecular flexibility index (Phi) is 3.53. The number of hydrogen-bond acceptors (Lipinski definition) is 3. The normalized spacial score (nSPS) is 20.7. The molecule has 0 bridgehead atoms. The Hall–Kier alpha value is -1.40. The van der Waals surface area contributed by atoms with Gasteiger partial charge in [0, 0.05) is 13.6 Å². The maximum Gasteiger partial charge on any atom is 0.217 e. The zero-order valence-corrected chi connectivity index (χ0v) is 13.5. The minimum Gasteiger partial charge on any atom is -0.330 e. The van der Waals surface area contributed by atoms with Gasteiger partial charge in [-0.1, -0.05) is 12.1 Å². The molecule has 21 heavy (non-hydrogen) atoms. The molecule has 5 nitrogen and oxygen atoms in total. The maximum atomic E-state index is 12.5. The summed E-state index contributed by atoms with van der Waals surface area (Å²) in [4.78, 5) is 4.67.